The van der Waals surface area contributed by atoms with Crippen LogP contribution in [0.3, 0.4) is 0 Å². The number of methoxy groups -OCH3 is 2. The van der Waals surface area contributed by atoms with Crippen LogP contribution in [0.5, 0.6) is 0 Å². The van der Waals surface area contributed by atoms with Gasteiger partial charge in [-0.25, -0.2) is 4.79 Å². The normalized spacial score (nSPS) is 14.9. The van der Waals surface area contributed by atoms with E-state index in [1.165, 1.54) is 6.07 Å². The van der Waals surface area contributed by atoms with E-state index in [9.17, 15) is 18.0 Å². The van der Waals surface area contributed by atoms with Crippen molar-refractivity contribution in [2.75, 3.05) is 14.2 Å². The number of benzene rings is 1. The van der Waals surface area contributed by atoms with Crippen LogP contribution in [0.4, 0.5) is 13.2 Å². The molecule has 0 saturated carbocycles. The third-order valence-electron chi connectivity index (χ3n) is 2.49. The summed E-state index contributed by atoms with van der Waals surface area (Å²) >= 11 is 11.3. The van der Waals surface area contributed by atoms with E-state index >= 15 is 0 Å². The Balaban J connectivity index is 3.60. The molecule has 0 aliphatic heterocycles. The standard InChI is InChI=1S/C11H9Cl2F3O3/c1-18-9(17)10(19-2,11(14,15)16)7-4-3-6(12)5-8(7)13/h3-5H,1-2H3. The Kier molecular flexibility index (Phi) is 4.71. The number of esters is 1. The fourth-order valence-corrected chi connectivity index (χ4v) is 2.15. The highest BCUT2D eigenvalue weighted by atomic mass is 35.5. The SMILES string of the molecule is COC(=O)C(OC)(c1ccc(Cl)cc1Cl)C(F)(F)F. The van der Waals surface area contributed by atoms with Gasteiger partial charge in [0.05, 0.1) is 7.11 Å². The van der Waals surface area contributed by atoms with E-state index in [0.717, 1.165) is 26.4 Å². The summed E-state index contributed by atoms with van der Waals surface area (Å²) in [5.41, 5.74) is -3.87. The van der Waals surface area contributed by atoms with Crippen LogP contribution in [0, 0.1) is 0 Å². The molecule has 19 heavy (non-hydrogen) atoms. The summed E-state index contributed by atoms with van der Waals surface area (Å²) in [6, 6.07) is 3.23. The maximum absolute atomic E-state index is 13.3. The van der Waals surface area contributed by atoms with Gasteiger partial charge in [-0.2, -0.15) is 13.2 Å². The quantitative estimate of drug-likeness (QED) is 0.800. The Morgan fingerprint density at radius 3 is 2.16 bits per heavy atom. The lowest BCUT2D eigenvalue weighted by atomic mass is 9.92. The van der Waals surface area contributed by atoms with Gasteiger partial charge in [-0.15, -0.1) is 0 Å². The average molecular weight is 317 g/mol. The maximum Gasteiger partial charge on any atom is 0.432 e. The smallest absolute Gasteiger partial charge is 0.432 e. The molecule has 0 N–H and O–H groups in total. The zero-order valence-electron chi connectivity index (χ0n) is 9.85. The molecule has 0 amide bonds. The summed E-state index contributed by atoms with van der Waals surface area (Å²) in [6.07, 6.45) is -5.05. The maximum atomic E-state index is 13.3. The van der Waals surface area contributed by atoms with Crippen LogP contribution in [0.2, 0.25) is 10.0 Å². The summed E-state index contributed by atoms with van der Waals surface area (Å²) in [5, 5.41) is -0.220. The monoisotopic (exact) mass is 316 g/mol. The van der Waals surface area contributed by atoms with Crippen LogP contribution in [-0.2, 0) is 19.9 Å². The van der Waals surface area contributed by atoms with Crippen molar-refractivity contribution < 1.29 is 27.4 Å². The fraction of sp³-hybridized carbons (Fsp3) is 0.364. The Morgan fingerprint density at radius 1 is 1.21 bits per heavy atom. The molecule has 1 unspecified atom stereocenters. The van der Waals surface area contributed by atoms with Crippen molar-refractivity contribution in [3.63, 3.8) is 0 Å². The Morgan fingerprint density at radius 2 is 1.79 bits per heavy atom. The first kappa shape index (κ1) is 16.1. The van der Waals surface area contributed by atoms with Crippen molar-refractivity contribution in [1.29, 1.82) is 0 Å². The van der Waals surface area contributed by atoms with Gasteiger partial charge < -0.3 is 9.47 Å². The number of hydrogen-bond acceptors (Lipinski definition) is 3. The topological polar surface area (TPSA) is 35.5 Å². The van der Waals surface area contributed by atoms with E-state index in [1.54, 1.807) is 0 Å². The highest BCUT2D eigenvalue weighted by Crippen LogP contribution is 2.45. The molecule has 0 fully saturated rings. The summed E-state index contributed by atoms with van der Waals surface area (Å²) in [6.45, 7) is 0. The molecule has 0 radical (unpaired) electrons. The number of hydrogen-bond donors (Lipinski definition) is 0. The summed E-state index contributed by atoms with van der Waals surface area (Å²) < 4.78 is 48.4. The molecule has 0 spiro atoms. The lowest BCUT2D eigenvalue weighted by Crippen LogP contribution is -2.51. The van der Waals surface area contributed by atoms with Gasteiger partial charge in [-0.1, -0.05) is 29.3 Å². The largest absolute Gasteiger partial charge is 0.466 e. The molecule has 0 aromatic heterocycles. The number of halogens is 5. The summed E-state index contributed by atoms with van der Waals surface area (Å²) in [5.74, 6) is -1.62. The predicted octanol–water partition coefficient (Wildman–Crippen LogP) is 3.57. The second kappa shape index (κ2) is 5.56. The van der Waals surface area contributed by atoms with E-state index in [1.807, 2.05) is 0 Å². The molecule has 1 atom stereocenters. The van der Waals surface area contributed by atoms with Crippen molar-refractivity contribution in [2.45, 2.75) is 11.8 Å². The Bertz CT molecular complexity index is 491. The van der Waals surface area contributed by atoms with Gasteiger partial charge >= 0.3 is 12.1 Å². The van der Waals surface area contributed by atoms with E-state index in [-0.39, 0.29) is 10.0 Å². The highest BCUT2D eigenvalue weighted by Gasteiger charge is 2.64. The number of rotatable bonds is 3. The van der Waals surface area contributed by atoms with Gasteiger partial charge in [0, 0.05) is 22.7 Å². The second-order valence-electron chi connectivity index (χ2n) is 3.50. The molecule has 3 nitrogen and oxygen atoms in total. The zero-order chi connectivity index (χ0) is 14.8. The third-order valence-corrected chi connectivity index (χ3v) is 3.04. The predicted molar refractivity (Wildman–Crippen MR) is 63.2 cm³/mol. The van der Waals surface area contributed by atoms with Crippen molar-refractivity contribution >= 4 is 29.2 Å². The van der Waals surface area contributed by atoms with Gasteiger partial charge in [0.15, 0.2) is 0 Å². The molecule has 0 heterocycles. The molecule has 1 aromatic rings. The summed E-state index contributed by atoms with van der Waals surface area (Å²) in [7, 11) is 1.57. The molecule has 8 heteroatoms. The van der Waals surface area contributed by atoms with E-state index < -0.39 is 23.3 Å². The zero-order valence-corrected chi connectivity index (χ0v) is 11.4. The molecule has 1 rings (SSSR count). The number of carbonyl (C=O) groups excluding carboxylic acids is 1. The third kappa shape index (κ3) is 2.66. The molecule has 106 valence electrons. The van der Waals surface area contributed by atoms with Crippen molar-refractivity contribution in [2.24, 2.45) is 0 Å². The van der Waals surface area contributed by atoms with Crippen LogP contribution >= 0.6 is 23.2 Å². The van der Waals surface area contributed by atoms with E-state index in [4.69, 9.17) is 23.2 Å². The fourth-order valence-electron chi connectivity index (χ4n) is 1.61. The van der Waals surface area contributed by atoms with Crippen LogP contribution in [-0.4, -0.2) is 26.4 Å². The van der Waals surface area contributed by atoms with Crippen LogP contribution in [0.15, 0.2) is 18.2 Å². The summed E-state index contributed by atoms with van der Waals surface area (Å²) in [4.78, 5) is 11.6. The van der Waals surface area contributed by atoms with Gasteiger partial charge in [0.1, 0.15) is 0 Å². The minimum absolute atomic E-state index is 0.130. The number of carbonyl (C=O) groups is 1. The first-order valence-corrected chi connectivity index (χ1v) is 5.62. The molecule has 0 bridgehead atoms. The van der Waals surface area contributed by atoms with Gasteiger partial charge in [-0.05, 0) is 12.1 Å². The second-order valence-corrected chi connectivity index (χ2v) is 4.34. The lowest BCUT2D eigenvalue weighted by Gasteiger charge is -2.32. The van der Waals surface area contributed by atoms with Crippen LogP contribution in [0.1, 0.15) is 5.56 Å². The van der Waals surface area contributed by atoms with Gasteiger partial charge in [0.25, 0.3) is 5.60 Å². The van der Waals surface area contributed by atoms with E-state index in [2.05, 4.69) is 9.47 Å². The van der Waals surface area contributed by atoms with Crippen molar-refractivity contribution in [1.82, 2.24) is 0 Å². The molecular weight excluding hydrogens is 308 g/mol. The Hall–Kier alpha value is -0.980. The van der Waals surface area contributed by atoms with E-state index in [0.29, 0.717) is 0 Å². The van der Waals surface area contributed by atoms with Gasteiger partial charge in [-0.3, -0.25) is 0 Å². The van der Waals surface area contributed by atoms with Gasteiger partial charge in [0.2, 0.25) is 0 Å². The Labute approximate surface area is 117 Å². The molecule has 0 aliphatic carbocycles. The van der Waals surface area contributed by atoms with Crippen molar-refractivity contribution in [3.05, 3.63) is 33.8 Å². The van der Waals surface area contributed by atoms with Crippen LogP contribution < -0.4 is 0 Å². The molecule has 0 aliphatic rings. The lowest BCUT2D eigenvalue weighted by molar-refractivity contribution is -0.275. The molecular formula is C11H9Cl2F3O3. The minimum atomic E-state index is -5.05. The average Bonchev–Trinajstić information content (AvgIpc) is 2.30. The van der Waals surface area contributed by atoms with Crippen molar-refractivity contribution in [3.8, 4) is 0 Å². The minimum Gasteiger partial charge on any atom is -0.466 e. The molecule has 1 aromatic carbocycles. The number of alkyl halides is 3. The van der Waals surface area contributed by atoms with Crippen LogP contribution in [0.25, 0.3) is 0 Å². The number of ether oxygens (including phenoxy) is 2. The molecule has 0 saturated heterocycles. The highest BCUT2D eigenvalue weighted by molar-refractivity contribution is 6.35. The first-order chi connectivity index (χ1) is 8.70. The first-order valence-electron chi connectivity index (χ1n) is 4.86.